The summed E-state index contributed by atoms with van der Waals surface area (Å²) in [7, 11) is 0. The monoisotopic (exact) mass is 1170 g/mol. The van der Waals surface area contributed by atoms with E-state index in [1.807, 2.05) is 76.8 Å². The first-order chi connectivity index (χ1) is 38.6. The number of ether oxygens (including phenoxy) is 3. The normalized spacial score (nSPS) is 18.8. The van der Waals surface area contributed by atoms with E-state index in [-0.39, 0.29) is 97.6 Å². The van der Waals surface area contributed by atoms with Crippen LogP contribution in [0.2, 0.25) is 0 Å². The Morgan fingerprint density at radius 1 is 0.542 bits per heavy atom. The fourth-order valence-corrected chi connectivity index (χ4v) is 10.1. The highest BCUT2D eigenvalue weighted by Crippen LogP contribution is 2.29. The number of amides is 5. The van der Waals surface area contributed by atoms with Gasteiger partial charge in [0.15, 0.2) is 0 Å². The van der Waals surface area contributed by atoms with Crippen molar-refractivity contribution in [3.8, 4) is 0 Å². The minimum atomic E-state index is -1.09. The van der Waals surface area contributed by atoms with Crippen LogP contribution in [0.5, 0.6) is 0 Å². The van der Waals surface area contributed by atoms with Crippen molar-refractivity contribution in [3.63, 3.8) is 0 Å². The van der Waals surface area contributed by atoms with E-state index in [2.05, 4.69) is 41.3 Å². The van der Waals surface area contributed by atoms with Gasteiger partial charge in [0.25, 0.3) is 0 Å². The van der Waals surface area contributed by atoms with Gasteiger partial charge in [-0.05, 0) is 144 Å². The van der Waals surface area contributed by atoms with Crippen LogP contribution in [-0.2, 0) is 59.0 Å². The highest BCUT2D eigenvalue weighted by atomic mass is 16.6. The molecule has 3 atom stereocenters. The molecule has 0 radical (unpaired) electrons. The van der Waals surface area contributed by atoms with Crippen LogP contribution in [0.25, 0.3) is 0 Å². The standard InChI is InChI=1S/C62H105N9O12/c1-44(72)40-68-30-31-69(41-45(2)73)33-36-71(43-54(76)82-61(9,10)11)37-35-70(34-32-68)42-52(74)64-39-47-23-25-48(26-24-47)55(77)65-50(38-46-20-16-15-17-21-46)56(78)63-29-19-18-22-51(59(3,4)5)67-58(80)66-49(57(79)83-62(12,13)14)27-28-53(75)81-60(6,7)8/h15-17,20-21,47-51H,18-19,22-43H2,1-14H3,(H,63,78)(H,64,74)(H,65,77)(H2,66,67,80)/t47-,48-,49-,50-,51-/m0/s1. The molecular formula is C62H105N9O12. The Balaban J connectivity index is 1.57. The van der Waals surface area contributed by atoms with Gasteiger partial charge in [-0.2, -0.15) is 0 Å². The molecule has 1 aliphatic heterocycles. The molecule has 5 amide bonds. The molecule has 1 aromatic carbocycles. The molecule has 1 aromatic rings. The lowest BCUT2D eigenvalue weighted by Gasteiger charge is -2.34. The molecule has 21 nitrogen and oxygen atoms in total. The molecule has 21 heteroatoms. The maximum absolute atomic E-state index is 13.9. The van der Waals surface area contributed by atoms with Gasteiger partial charge in [-0.25, -0.2) is 9.59 Å². The Morgan fingerprint density at radius 3 is 1.53 bits per heavy atom. The van der Waals surface area contributed by atoms with E-state index in [4.69, 9.17) is 14.2 Å². The van der Waals surface area contributed by atoms with Crippen molar-refractivity contribution in [2.45, 2.75) is 196 Å². The Morgan fingerprint density at radius 2 is 1.04 bits per heavy atom. The van der Waals surface area contributed by atoms with E-state index in [0.717, 1.165) is 18.4 Å². The second kappa shape index (κ2) is 34.4. The van der Waals surface area contributed by atoms with Gasteiger partial charge in [-0.1, -0.05) is 51.1 Å². The summed E-state index contributed by atoms with van der Waals surface area (Å²) in [5.74, 6) is -2.17. The van der Waals surface area contributed by atoms with Gasteiger partial charge in [0.1, 0.15) is 40.5 Å². The predicted octanol–water partition coefficient (Wildman–Crippen LogP) is 5.21. The molecule has 0 aromatic heterocycles. The largest absolute Gasteiger partial charge is 0.460 e. The average molecular weight is 1170 g/mol. The summed E-state index contributed by atoms with van der Waals surface area (Å²) in [5.41, 5.74) is -1.63. The summed E-state index contributed by atoms with van der Waals surface area (Å²) in [5, 5.41) is 15.0. The smallest absolute Gasteiger partial charge is 0.329 e. The first-order valence-electron chi connectivity index (χ1n) is 30.1. The quantitative estimate of drug-likeness (QED) is 0.0453. The zero-order valence-corrected chi connectivity index (χ0v) is 52.9. The SMILES string of the molecule is CC(=O)CN1CCN(CC(C)=O)CCN(CC(=O)OC(C)(C)C)CCN(CC(=O)NC[C@H]2CC[C@H](C(=O)N[C@@H](Cc3ccccc3)C(=O)NCCCC[C@H](NC(=O)N[C@@H](CCC(=O)OC(C)(C)C)C(=O)OC(C)(C)C)C(C)(C)C)CC2)CC1. The van der Waals surface area contributed by atoms with E-state index in [1.165, 1.54) is 0 Å². The summed E-state index contributed by atoms with van der Waals surface area (Å²) < 4.78 is 16.6. The van der Waals surface area contributed by atoms with Gasteiger partial charge in [0.2, 0.25) is 17.7 Å². The number of unbranched alkanes of at least 4 members (excludes halogenated alkanes) is 1. The minimum absolute atomic E-state index is 0.00636. The zero-order valence-electron chi connectivity index (χ0n) is 52.9. The molecule has 0 spiro atoms. The third kappa shape index (κ3) is 31.8. The third-order valence-corrected chi connectivity index (χ3v) is 14.3. The zero-order chi connectivity index (χ0) is 62.1. The van der Waals surface area contributed by atoms with Crippen LogP contribution in [0.1, 0.15) is 160 Å². The number of benzene rings is 1. The Hall–Kier alpha value is -5.51. The number of nitrogens with zero attached hydrogens (tertiary/aromatic N) is 4. The second-order valence-corrected chi connectivity index (χ2v) is 26.9. The highest BCUT2D eigenvalue weighted by Gasteiger charge is 2.33. The maximum Gasteiger partial charge on any atom is 0.329 e. The molecule has 0 bridgehead atoms. The number of ketones is 2. The van der Waals surface area contributed by atoms with Crippen LogP contribution >= 0.6 is 0 Å². The van der Waals surface area contributed by atoms with Crippen LogP contribution in [-0.4, -0.2) is 199 Å². The number of Topliss-reactive ketones (excluding diaryl/α,β-unsaturated/α-hetero) is 2. The number of carbonyl (C=O) groups is 9. The summed E-state index contributed by atoms with van der Waals surface area (Å²) >= 11 is 0. The van der Waals surface area contributed by atoms with Crippen LogP contribution in [0.3, 0.4) is 0 Å². The summed E-state index contributed by atoms with van der Waals surface area (Å²) in [6, 6.07) is 6.75. The molecule has 1 aliphatic carbocycles. The van der Waals surface area contributed by atoms with Crippen molar-refractivity contribution in [2.75, 3.05) is 91.6 Å². The molecule has 470 valence electrons. The Bertz CT molecular complexity index is 2250. The van der Waals surface area contributed by atoms with Crippen molar-refractivity contribution >= 4 is 53.2 Å². The molecule has 1 saturated carbocycles. The first-order valence-corrected chi connectivity index (χ1v) is 30.1. The van der Waals surface area contributed by atoms with Gasteiger partial charge in [-0.15, -0.1) is 0 Å². The van der Waals surface area contributed by atoms with Crippen LogP contribution in [0, 0.1) is 17.3 Å². The molecular weight excluding hydrogens is 1060 g/mol. The molecule has 1 saturated heterocycles. The van der Waals surface area contributed by atoms with Crippen molar-refractivity contribution in [3.05, 3.63) is 35.9 Å². The van der Waals surface area contributed by atoms with Crippen LogP contribution in [0.15, 0.2) is 30.3 Å². The number of hydrogen-bond donors (Lipinski definition) is 5. The number of esters is 3. The molecule has 3 rings (SSSR count). The van der Waals surface area contributed by atoms with Crippen molar-refractivity contribution in [1.82, 2.24) is 46.2 Å². The van der Waals surface area contributed by atoms with Gasteiger partial charge >= 0.3 is 23.9 Å². The van der Waals surface area contributed by atoms with E-state index in [1.54, 1.807) is 55.4 Å². The maximum atomic E-state index is 13.9. The number of rotatable bonds is 26. The average Bonchev–Trinajstić information content (AvgIpc) is 3.35. The van der Waals surface area contributed by atoms with E-state index < -0.39 is 46.9 Å². The summed E-state index contributed by atoms with van der Waals surface area (Å²) in [4.78, 5) is 126. The first kappa shape index (κ1) is 71.8. The fourth-order valence-electron chi connectivity index (χ4n) is 10.1. The van der Waals surface area contributed by atoms with E-state index in [0.29, 0.717) is 104 Å². The van der Waals surface area contributed by atoms with Crippen molar-refractivity contribution < 1.29 is 57.4 Å². The lowest BCUT2D eigenvalue weighted by molar-refractivity contribution is -0.159. The van der Waals surface area contributed by atoms with E-state index >= 15 is 0 Å². The topological polar surface area (TPSA) is 254 Å². The lowest BCUT2D eigenvalue weighted by atomic mass is 9.81. The van der Waals surface area contributed by atoms with Gasteiger partial charge in [0.05, 0.1) is 26.2 Å². The summed E-state index contributed by atoms with van der Waals surface area (Å²) in [6.45, 7) is 30.8. The minimum Gasteiger partial charge on any atom is -0.460 e. The van der Waals surface area contributed by atoms with E-state index in [9.17, 15) is 43.2 Å². The number of nitrogens with one attached hydrogen (secondary N) is 5. The molecule has 0 unspecified atom stereocenters. The fraction of sp³-hybridized carbons (Fsp3) is 0.758. The van der Waals surface area contributed by atoms with Gasteiger partial charge in [0, 0.05) is 90.2 Å². The summed E-state index contributed by atoms with van der Waals surface area (Å²) in [6.07, 6.45) is 4.68. The van der Waals surface area contributed by atoms with Crippen LogP contribution in [0.4, 0.5) is 4.79 Å². The predicted molar refractivity (Wildman–Crippen MR) is 320 cm³/mol. The van der Waals surface area contributed by atoms with Crippen molar-refractivity contribution in [2.24, 2.45) is 17.3 Å². The molecule has 2 aliphatic rings. The second-order valence-electron chi connectivity index (χ2n) is 26.9. The number of hydrogen-bond acceptors (Lipinski definition) is 16. The van der Waals surface area contributed by atoms with Crippen molar-refractivity contribution in [1.29, 1.82) is 0 Å². The number of carbonyl (C=O) groups excluding carboxylic acids is 9. The molecule has 1 heterocycles. The molecule has 2 fully saturated rings. The Kier molecular flexibility index (Phi) is 29.8. The highest BCUT2D eigenvalue weighted by molar-refractivity contribution is 5.89. The van der Waals surface area contributed by atoms with Gasteiger partial charge < -0.3 is 40.8 Å². The lowest BCUT2D eigenvalue weighted by Crippen LogP contribution is -2.53. The van der Waals surface area contributed by atoms with Gasteiger partial charge in [-0.3, -0.25) is 53.2 Å². The molecule has 83 heavy (non-hydrogen) atoms. The Labute approximate surface area is 495 Å². The third-order valence-electron chi connectivity index (χ3n) is 14.3. The molecule has 5 N–H and O–H groups in total. The number of urea groups is 1. The van der Waals surface area contributed by atoms with Crippen LogP contribution < -0.4 is 26.6 Å².